The average molecular weight is 396 g/mol. The second-order valence-electron chi connectivity index (χ2n) is 8.00. The highest BCUT2D eigenvalue weighted by molar-refractivity contribution is 7.83. The van der Waals surface area contributed by atoms with Gasteiger partial charge in [-0.1, -0.05) is 36.4 Å². The zero-order valence-electron chi connectivity index (χ0n) is 15.9. The van der Waals surface area contributed by atoms with Crippen molar-refractivity contribution in [3.63, 3.8) is 0 Å². The van der Waals surface area contributed by atoms with E-state index in [0.717, 1.165) is 37.9 Å². The smallest absolute Gasteiger partial charge is 0.344 e. The van der Waals surface area contributed by atoms with Gasteiger partial charge in [0.1, 0.15) is 6.04 Å². The molecule has 3 aliphatic rings. The molecule has 2 aromatic rings. The Bertz CT molecular complexity index is 939. The van der Waals surface area contributed by atoms with Gasteiger partial charge < -0.3 is 5.21 Å². The van der Waals surface area contributed by atoms with Crippen LogP contribution in [0.2, 0.25) is 0 Å². The Morgan fingerprint density at radius 1 is 1.04 bits per heavy atom. The van der Waals surface area contributed by atoms with Crippen LogP contribution in [0.25, 0.3) is 0 Å². The van der Waals surface area contributed by atoms with Crippen LogP contribution >= 0.6 is 0 Å². The van der Waals surface area contributed by atoms with E-state index in [1.54, 1.807) is 6.21 Å². The zero-order chi connectivity index (χ0) is 19.1. The van der Waals surface area contributed by atoms with Crippen LogP contribution in [0.1, 0.15) is 48.4 Å². The van der Waals surface area contributed by atoms with E-state index in [4.69, 9.17) is 0 Å². The second kappa shape index (κ2) is 7.19. The van der Waals surface area contributed by atoms with Crippen LogP contribution in [-0.4, -0.2) is 34.5 Å². The lowest BCUT2D eigenvalue weighted by Gasteiger charge is -2.49. The number of piperidine rings is 1. The molecule has 0 spiro atoms. The number of benzene rings is 2. The monoisotopic (exact) mass is 395 g/mol. The third-order valence-corrected chi connectivity index (χ3v) is 7.79. The molecular weight excluding hydrogens is 370 g/mol. The Morgan fingerprint density at radius 2 is 1.79 bits per heavy atom. The van der Waals surface area contributed by atoms with Crippen molar-refractivity contribution in [2.75, 3.05) is 13.1 Å². The summed E-state index contributed by atoms with van der Waals surface area (Å²) in [6.45, 7) is 1.74. The number of aryl methyl sites for hydroxylation is 1. The van der Waals surface area contributed by atoms with Crippen LogP contribution in [0.4, 0.5) is 5.69 Å². The molecule has 1 saturated heterocycles. The first-order valence-electron chi connectivity index (χ1n) is 10.2. The van der Waals surface area contributed by atoms with Gasteiger partial charge in [-0.05, 0) is 36.5 Å². The van der Waals surface area contributed by atoms with Gasteiger partial charge in [0.05, 0.1) is 11.8 Å². The van der Waals surface area contributed by atoms with E-state index in [1.807, 2.05) is 24.3 Å². The number of hydrogen-bond acceptors (Lipinski definition) is 3. The van der Waals surface area contributed by atoms with E-state index in [-0.39, 0.29) is 6.04 Å². The summed E-state index contributed by atoms with van der Waals surface area (Å²) in [6, 6.07) is 16.5. The Kier molecular flexibility index (Phi) is 4.67. The van der Waals surface area contributed by atoms with Crippen molar-refractivity contribution >= 4 is 23.1 Å². The summed E-state index contributed by atoms with van der Waals surface area (Å²) >= 11 is -1.82. The van der Waals surface area contributed by atoms with E-state index in [0.29, 0.717) is 11.7 Å². The number of hydroxylamine groups is 1. The van der Waals surface area contributed by atoms with E-state index >= 15 is 0 Å². The molecule has 3 unspecified atom stereocenters. The van der Waals surface area contributed by atoms with Crippen LogP contribution < -0.4 is 4.05 Å². The van der Waals surface area contributed by atoms with Crippen molar-refractivity contribution in [2.24, 2.45) is 4.40 Å². The number of hydrogen-bond donors (Lipinski definition) is 0. The highest BCUT2D eigenvalue weighted by Crippen LogP contribution is 2.40. The van der Waals surface area contributed by atoms with Gasteiger partial charge in [0, 0.05) is 38.0 Å². The molecule has 0 bridgehead atoms. The fraction of sp³-hybridized carbons (Fsp3) is 0.409. The predicted molar refractivity (Wildman–Crippen MR) is 114 cm³/mol. The highest BCUT2D eigenvalue weighted by Gasteiger charge is 2.43. The summed E-state index contributed by atoms with van der Waals surface area (Å²) < 4.78 is 15.9. The third kappa shape index (κ3) is 2.87. The molecule has 0 amide bonds. The minimum absolute atomic E-state index is 0.213. The SMILES string of the molecule is O=S1N=Cc2ccccc2[N+]1([O-])C1CCN(C2CCCc3ccccc32)CC1. The molecular formula is C22H25N3O2S. The van der Waals surface area contributed by atoms with E-state index in [1.165, 1.54) is 24.0 Å². The maximum atomic E-state index is 13.8. The first-order chi connectivity index (χ1) is 13.7. The Labute approximate surface area is 168 Å². The molecule has 5 rings (SSSR count). The van der Waals surface area contributed by atoms with Crippen LogP contribution in [-0.2, 0) is 17.6 Å². The lowest BCUT2D eigenvalue weighted by atomic mass is 9.85. The van der Waals surface area contributed by atoms with Gasteiger partial charge in [0.2, 0.25) is 0 Å². The van der Waals surface area contributed by atoms with Gasteiger partial charge >= 0.3 is 11.2 Å². The molecule has 6 heteroatoms. The van der Waals surface area contributed by atoms with Crippen molar-refractivity contribution in [3.8, 4) is 0 Å². The fourth-order valence-electron chi connectivity index (χ4n) is 5.11. The summed E-state index contributed by atoms with van der Waals surface area (Å²) in [5, 5.41) is 13.8. The molecule has 28 heavy (non-hydrogen) atoms. The minimum Gasteiger partial charge on any atom is -0.611 e. The highest BCUT2D eigenvalue weighted by atomic mass is 32.2. The number of fused-ring (bicyclic) bond motifs is 2. The number of likely N-dealkylation sites (tertiary alicyclic amines) is 1. The molecule has 0 aromatic heterocycles. The van der Waals surface area contributed by atoms with Gasteiger partial charge in [0.25, 0.3) is 0 Å². The van der Waals surface area contributed by atoms with Gasteiger partial charge in [-0.3, -0.25) is 4.90 Å². The summed E-state index contributed by atoms with van der Waals surface area (Å²) in [6.07, 6.45) is 6.63. The van der Waals surface area contributed by atoms with Gasteiger partial charge in [0.15, 0.2) is 5.69 Å². The van der Waals surface area contributed by atoms with Crippen LogP contribution in [0.3, 0.4) is 0 Å². The zero-order valence-corrected chi connectivity index (χ0v) is 16.7. The Hall–Kier alpha value is -1.86. The van der Waals surface area contributed by atoms with Crippen molar-refractivity contribution < 1.29 is 4.21 Å². The van der Waals surface area contributed by atoms with Crippen LogP contribution in [0.5, 0.6) is 0 Å². The second-order valence-corrected chi connectivity index (χ2v) is 9.21. The van der Waals surface area contributed by atoms with E-state index in [2.05, 4.69) is 33.6 Å². The van der Waals surface area contributed by atoms with Gasteiger partial charge in [-0.2, -0.15) is 4.21 Å². The third-order valence-electron chi connectivity index (χ3n) is 6.54. The van der Waals surface area contributed by atoms with Gasteiger partial charge in [-0.25, -0.2) is 4.05 Å². The van der Waals surface area contributed by atoms with E-state index < -0.39 is 15.2 Å². The van der Waals surface area contributed by atoms with Crippen LogP contribution in [0, 0.1) is 5.21 Å². The Morgan fingerprint density at radius 3 is 2.64 bits per heavy atom. The van der Waals surface area contributed by atoms with E-state index in [9.17, 15) is 9.42 Å². The molecule has 2 aromatic carbocycles. The minimum atomic E-state index is -1.82. The quantitative estimate of drug-likeness (QED) is 0.569. The Balaban J connectivity index is 1.37. The molecule has 3 atom stereocenters. The topological polar surface area (TPSA) is 55.7 Å². The summed E-state index contributed by atoms with van der Waals surface area (Å²) in [5.41, 5.74) is 4.31. The summed E-state index contributed by atoms with van der Waals surface area (Å²) in [5.74, 6) is 0. The molecule has 146 valence electrons. The van der Waals surface area contributed by atoms with Crippen LogP contribution in [0.15, 0.2) is 52.9 Å². The van der Waals surface area contributed by atoms with Crippen molar-refractivity contribution in [1.82, 2.24) is 8.95 Å². The maximum absolute atomic E-state index is 13.8. The van der Waals surface area contributed by atoms with Crippen molar-refractivity contribution in [2.45, 2.75) is 44.2 Å². The predicted octanol–water partition coefficient (Wildman–Crippen LogP) is 4.04. The summed E-state index contributed by atoms with van der Waals surface area (Å²) in [7, 11) is 0. The summed E-state index contributed by atoms with van der Waals surface area (Å²) in [4.78, 5) is 2.53. The molecule has 1 fully saturated rings. The number of rotatable bonds is 2. The van der Waals surface area contributed by atoms with Crippen molar-refractivity contribution in [1.29, 1.82) is 0 Å². The standard InChI is InChI=1S/C22H25N3O2S/c26-25(22-11-4-2-7-18(22)16-23-28(25)27)19-12-14-24(15-13-19)21-10-5-8-17-6-1-3-9-20(17)21/h1-4,6-7,9,11,16,19,21H,5,8,10,12-15H2. The van der Waals surface area contributed by atoms with Gasteiger partial charge in [-0.15, -0.1) is 4.40 Å². The first-order valence-corrected chi connectivity index (χ1v) is 11.2. The number of quaternary nitrogens is 1. The molecule has 0 N–H and O–H groups in total. The largest absolute Gasteiger partial charge is 0.611 e. The molecule has 0 saturated carbocycles. The number of nitrogens with zero attached hydrogens (tertiary/aromatic N) is 3. The number of para-hydroxylation sites is 1. The molecule has 1 aliphatic carbocycles. The maximum Gasteiger partial charge on any atom is 0.344 e. The van der Waals surface area contributed by atoms with Crippen molar-refractivity contribution in [3.05, 3.63) is 70.4 Å². The molecule has 0 radical (unpaired) electrons. The average Bonchev–Trinajstić information content (AvgIpc) is 2.76. The normalized spacial score (nSPS) is 30.6. The molecule has 2 heterocycles. The molecule has 5 nitrogen and oxygen atoms in total. The lowest BCUT2D eigenvalue weighted by molar-refractivity contribution is 0.120. The lowest BCUT2D eigenvalue weighted by Crippen LogP contribution is -2.58. The first kappa shape index (κ1) is 18.2. The fourth-order valence-corrected chi connectivity index (χ4v) is 6.25. The molecule has 2 aliphatic heterocycles.